The Hall–Kier alpha value is -1.18. The zero-order chi connectivity index (χ0) is 14.3. The van der Waals surface area contributed by atoms with E-state index in [-0.39, 0.29) is 23.7 Å². The third-order valence-corrected chi connectivity index (χ3v) is 5.10. The number of hydrogen-bond acceptors (Lipinski definition) is 4. The molecular weight excluding hydrogens is 271 g/mol. The Bertz CT molecular complexity index is 583. The number of aliphatic hydroxyl groups is 1. The molecule has 0 aromatic heterocycles. The van der Waals surface area contributed by atoms with Crippen molar-refractivity contribution < 1.29 is 17.9 Å². The van der Waals surface area contributed by atoms with E-state index in [2.05, 4.69) is 0 Å². The molecule has 0 bridgehead atoms. The average Bonchev–Trinajstić information content (AvgIpc) is 2.29. The monoisotopic (exact) mass is 288 g/mol. The third-order valence-electron chi connectivity index (χ3n) is 3.25. The first-order valence-corrected chi connectivity index (χ1v) is 7.50. The summed E-state index contributed by atoms with van der Waals surface area (Å²) in [5.41, 5.74) is 4.62. The fourth-order valence-corrected chi connectivity index (χ4v) is 4.00. The van der Waals surface area contributed by atoms with E-state index in [1.807, 2.05) is 6.92 Å². The Balaban J connectivity index is 2.24. The van der Waals surface area contributed by atoms with Crippen LogP contribution >= 0.6 is 0 Å². The van der Waals surface area contributed by atoms with Gasteiger partial charge >= 0.3 is 0 Å². The topological polar surface area (TPSA) is 83.6 Å². The molecule has 5 nitrogen and oxygen atoms in total. The van der Waals surface area contributed by atoms with Crippen molar-refractivity contribution >= 4 is 15.7 Å². The number of anilines is 1. The average molecular weight is 288 g/mol. The largest absolute Gasteiger partial charge is 0.398 e. The normalized spacial score (nSPS) is 19.1. The highest BCUT2D eigenvalue weighted by Crippen LogP contribution is 2.33. The number of nitrogens with two attached hydrogens (primary N) is 1. The van der Waals surface area contributed by atoms with Crippen molar-refractivity contribution in [3.63, 3.8) is 0 Å². The number of nitrogens with zero attached hydrogens (tertiary/aromatic N) is 1. The molecule has 1 aromatic rings. The van der Waals surface area contributed by atoms with Crippen molar-refractivity contribution in [3.05, 3.63) is 24.0 Å². The van der Waals surface area contributed by atoms with Crippen molar-refractivity contribution in [2.45, 2.75) is 30.3 Å². The number of rotatable bonds is 4. The summed E-state index contributed by atoms with van der Waals surface area (Å²) in [5, 5.41) is 10.0. The van der Waals surface area contributed by atoms with Crippen LogP contribution in [0, 0.1) is 5.82 Å². The van der Waals surface area contributed by atoms with Crippen molar-refractivity contribution in [3.8, 4) is 0 Å². The van der Waals surface area contributed by atoms with E-state index in [9.17, 15) is 17.9 Å². The van der Waals surface area contributed by atoms with Gasteiger partial charge in [0.1, 0.15) is 10.7 Å². The summed E-state index contributed by atoms with van der Waals surface area (Å²) in [7, 11) is -3.84. The standard InChI is InChI=1S/C12H17FN2O3S/c1-2-5-12(16)7-15(8-12)19(17,18)11-6-9(13)3-4-10(11)14/h3-4,6,16H,2,5,7-8,14H2,1H3. The molecule has 0 radical (unpaired) electrons. The number of β-amino-alcohol motifs (C(OH)–C–C–N with tert-alkyl or cyclic N) is 1. The van der Waals surface area contributed by atoms with Crippen LogP contribution in [0.25, 0.3) is 0 Å². The molecule has 1 aromatic carbocycles. The van der Waals surface area contributed by atoms with E-state index in [1.165, 1.54) is 6.07 Å². The lowest BCUT2D eigenvalue weighted by molar-refractivity contribution is -0.0653. The quantitative estimate of drug-likeness (QED) is 0.808. The highest BCUT2D eigenvalue weighted by molar-refractivity contribution is 7.89. The Morgan fingerprint density at radius 1 is 1.47 bits per heavy atom. The van der Waals surface area contributed by atoms with Crippen molar-refractivity contribution in [2.75, 3.05) is 18.8 Å². The minimum Gasteiger partial charge on any atom is -0.398 e. The summed E-state index contributed by atoms with van der Waals surface area (Å²) in [6.45, 7) is 1.97. The van der Waals surface area contributed by atoms with Gasteiger partial charge in [-0.3, -0.25) is 0 Å². The lowest BCUT2D eigenvalue weighted by Gasteiger charge is -2.45. The molecule has 1 fully saturated rings. The minimum atomic E-state index is -3.84. The van der Waals surface area contributed by atoms with Crippen LogP contribution in [0.5, 0.6) is 0 Å². The van der Waals surface area contributed by atoms with Gasteiger partial charge < -0.3 is 10.8 Å². The zero-order valence-electron chi connectivity index (χ0n) is 10.6. The van der Waals surface area contributed by atoms with Crippen LogP contribution < -0.4 is 5.73 Å². The molecule has 7 heteroatoms. The van der Waals surface area contributed by atoms with Gasteiger partial charge in [-0.05, 0) is 24.6 Å². The number of benzene rings is 1. The molecule has 19 heavy (non-hydrogen) atoms. The van der Waals surface area contributed by atoms with E-state index in [4.69, 9.17) is 5.73 Å². The molecular formula is C12H17FN2O3S. The molecule has 106 valence electrons. The molecule has 0 atom stereocenters. The zero-order valence-corrected chi connectivity index (χ0v) is 11.5. The molecule has 3 N–H and O–H groups in total. The third kappa shape index (κ3) is 2.58. The maximum atomic E-state index is 13.1. The summed E-state index contributed by atoms with van der Waals surface area (Å²) in [6.07, 6.45) is 1.31. The first-order chi connectivity index (χ1) is 8.78. The molecule has 1 aliphatic rings. The number of hydrogen-bond donors (Lipinski definition) is 2. The van der Waals surface area contributed by atoms with Gasteiger partial charge in [-0.1, -0.05) is 13.3 Å². The van der Waals surface area contributed by atoms with E-state index in [1.54, 1.807) is 0 Å². The lowest BCUT2D eigenvalue weighted by atomic mass is 9.92. The van der Waals surface area contributed by atoms with Gasteiger partial charge in [0.15, 0.2) is 0 Å². The lowest BCUT2D eigenvalue weighted by Crippen LogP contribution is -2.63. The SMILES string of the molecule is CCCC1(O)CN(S(=O)(=O)c2cc(F)ccc2N)C1. The number of sulfonamides is 1. The van der Waals surface area contributed by atoms with E-state index >= 15 is 0 Å². The van der Waals surface area contributed by atoms with Gasteiger partial charge in [0.2, 0.25) is 10.0 Å². The van der Waals surface area contributed by atoms with Crippen molar-refractivity contribution in [1.82, 2.24) is 4.31 Å². The Labute approximate surface area is 111 Å². The number of nitrogen functional groups attached to an aromatic ring is 1. The van der Waals surface area contributed by atoms with Gasteiger partial charge in [0.25, 0.3) is 0 Å². The molecule has 0 spiro atoms. The van der Waals surface area contributed by atoms with E-state index in [0.29, 0.717) is 6.42 Å². The summed E-state index contributed by atoms with van der Waals surface area (Å²) >= 11 is 0. The van der Waals surface area contributed by atoms with Gasteiger partial charge in [0, 0.05) is 13.1 Å². The van der Waals surface area contributed by atoms with Gasteiger partial charge in [-0.25, -0.2) is 12.8 Å². The molecule has 0 saturated carbocycles. The summed E-state index contributed by atoms with van der Waals surface area (Å²) in [4.78, 5) is -0.244. The Morgan fingerprint density at radius 3 is 2.68 bits per heavy atom. The van der Waals surface area contributed by atoms with Crippen LogP contribution in [0.2, 0.25) is 0 Å². The molecule has 1 aliphatic heterocycles. The second kappa shape index (κ2) is 4.73. The maximum Gasteiger partial charge on any atom is 0.245 e. The molecule has 0 unspecified atom stereocenters. The van der Waals surface area contributed by atoms with Crippen LogP contribution in [-0.4, -0.2) is 36.5 Å². The maximum absolute atomic E-state index is 13.1. The summed E-state index contributed by atoms with van der Waals surface area (Å²) < 4.78 is 38.8. The van der Waals surface area contributed by atoms with Crippen LogP contribution in [0.1, 0.15) is 19.8 Å². The predicted molar refractivity (Wildman–Crippen MR) is 69.4 cm³/mol. The fourth-order valence-electron chi connectivity index (χ4n) is 2.27. The van der Waals surface area contributed by atoms with Gasteiger partial charge in [-0.15, -0.1) is 0 Å². The van der Waals surface area contributed by atoms with Gasteiger partial charge in [-0.2, -0.15) is 4.31 Å². The highest BCUT2D eigenvalue weighted by Gasteiger charge is 2.46. The molecule has 0 aliphatic carbocycles. The molecule has 1 saturated heterocycles. The fraction of sp³-hybridized carbons (Fsp3) is 0.500. The minimum absolute atomic E-state index is 0.00679. The smallest absolute Gasteiger partial charge is 0.245 e. The second-order valence-corrected chi connectivity index (χ2v) is 6.84. The molecule has 2 rings (SSSR count). The first kappa shape index (κ1) is 14.2. The van der Waals surface area contributed by atoms with Crippen molar-refractivity contribution in [1.29, 1.82) is 0 Å². The first-order valence-electron chi connectivity index (χ1n) is 6.06. The van der Waals surface area contributed by atoms with Crippen molar-refractivity contribution in [2.24, 2.45) is 0 Å². The highest BCUT2D eigenvalue weighted by atomic mass is 32.2. The van der Waals surface area contributed by atoms with Gasteiger partial charge in [0.05, 0.1) is 11.3 Å². The second-order valence-electron chi connectivity index (χ2n) is 4.93. The van der Waals surface area contributed by atoms with Crippen LogP contribution in [0.4, 0.5) is 10.1 Å². The summed E-state index contributed by atoms with van der Waals surface area (Å²) in [6, 6.07) is 3.24. The number of halogens is 1. The van der Waals surface area contributed by atoms with E-state index < -0.39 is 21.4 Å². The Morgan fingerprint density at radius 2 is 2.11 bits per heavy atom. The van der Waals surface area contributed by atoms with Crippen LogP contribution in [0.3, 0.4) is 0 Å². The predicted octanol–water partition coefficient (Wildman–Crippen LogP) is 0.943. The molecule has 0 amide bonds. The molecule has 1 heterocycles. The Kier molecular flexibility index (Phi) is 3.55. The van der Waals surface area contributed by atoms with Crippen LogP contribution in [-0.2, 0) is 10.0 Å². The summed E-state index contributed by atoms with van der Waals surface area (Å²) in [5.74, 6) is -0.655. The van der Waals surface area contributed by atoms with E-state index in [0.717, 1.165) is 22.9 Å². The van der Waals surface area contributed by atoms with Crippen LogP contribution in [0.15, 0.2) is 23.1 Å².